The zero-order chi connectivity index (χ0) is 11.7. The normalized spacial score (nSPS) is 16.7. The molecule has 0 radical (unpaired) electrons. The monoisotopic (exact) mass is 243 g/mol. The molecule has 0 fully saturated rings. The number of carbonyl (C=O) groups excluding carboxylic acids is 1. The lowest BCUT2D eigenvalue weighted by Crippen LogP contribution is -2.17. The molecule has 1 amide bonds. The van der Waals surface area contributed by atoms with E-state index in [1.807, 2.05) is 30.3 Å². The third-order valence-electron chi connectivity index (χ3n) is 2.39. The van der Waals surface area contributed by atoms with E-state index in [-0.39, 0.29) is 5.91 Å². The maximum absolute atomic E-state index is 11.8. The number of carbonyl (C=O) groups is 1. The first kappa shape index (κ1) is 10.2. The zero-order valence-electron chi connectivity index (χ0n) is 8.81. The number of hydrogen-bond donors (Lipinski definition) is 2. The fraction of sp³-hybridized carbons (Fsp3) is 0. The lowest BCUT2D eigenvalue weighted by atomic mass is 10.3. The molecule has 1 aliphatic rings. The van der Waals surface area contributed by atoms with Crippen LogP contribution in [0.1, 0.15) is 5.69 Å². The highest BCUT2D eigenvalue weighted by atomic mass is 32.2. The molecule has 0 spiro atoms. The number of amides is 1. The summed E-state index contributed by atoms with van der Waals surface area (Å²) in [5.74, 6) is -0.0803. The minimum Gasteiger partial charge on any atom is -0.320 e. The second-order valence-electron chi connectivity index (χ2n) is 3.57. The van der Waals surface area contributed by atoms with Crippen LogP contribution in [0.3, 0.4) is 0 Å². The van der Waals surface area contributed by atoms with Crippen LogP contribution < -0.4 is 5.32 Å². The SMILES string of the molecule is O=C1Nc2ccccc2SC1=Cc1ccn[nH]1. The summed E-state index contributed by atoms with van der Waals surface area (Å²) in [5, 5.41) is 9.52. The maximum Gasteiger partial charge on any atom is 0.262 e. The van der Waals surface area contributed by atoms with E-state index in [0.29, 0.717) is 4.91 Å². The van der Waals surface area contributed by atoms with Gasteiger partial charge < -0.3 is 5.32 Å². The maximum atomic E-state index is 11.8. The van der Waals surface area contributed by atoms with Gasteiger partial charge in [-0.25, -0.2) is 0 Å². The minimum atomic E-state index is -0.0803. The molecule has 0 saturated carbocycles. The van der Waals surface area contributed by atoms with Crippen molar-refractivity contribution in [2.75, 3.05) is 5.32 Å². The number of thioether (sulfide) groups is 1. The summed E-state index contributed by atoms with van der Waals surface area (Å²) in [6.07, 6.45) is 3.45. The first-order valence-corrected chi connectivity index (χ1v) is 5.94. The summed E-state index contributed by atoms with van der Waals surface area (Å²) in [6, 6.07) is 9.56. The standard InChI is InChI=1S/C12H9N3OS/c16-12-11(7-8-5-6-13-15-8)17-10-4-2-1-3-9(10)14-12/h1-7H,(H,13,15)(H,14,16). The molecule has 0 unspecified atom stereocenters. The molecule has 5 heteroatoms. The molecule has 0 saturated heterocycles. The molecule has 3 rings (SSSR count). The van der Waals surface area contributed by atoms with Crippen molar-refractivity contribution in [3.8, 4) is 0 Å². The van der Waals surface area contributed by atoms with Gasteiger partial charge in [0.25, 0.3) is 5.91 Å². The van der Waals surface area contributed by atoms with Crippen molar-refractivity contribution < 1.29 is 4.79 Å². The fourth-order valence-electron chi connectivity index (χ4n) is 1.59. The molecular weight excluding hydrogens is 234 g/mol. The van der Waals surface area contributed by atoms with E-state index in [0.717, 1.165) is 16.3 Å². The molecule has 2 aromatic rings. The summed E-state index contributed by atoms with van der Waals surface area (Å²) >= 11 is 1.46. The highest BCUT2D eigenvalue weighted by Crippen LogP contribution is 2.38. The molecule has 0 aliphatic carbocycles. The van der Waals surface area contributed by atoms with E-state index in [9.17, 15) is 4.79 Å². The number of aromatic amines is 1. The molecule has 0 bridgehead atoms. The van der Waals surface area contributed by atoms with Crippen LogP contribution in [0.4, 0.5) is 5.69 Å². The van der Waals surface area contributed by atoms with Crippen LogP contribution in [0.2, 0.25) is 0 Å². The van der Waals surface area contributed by atoms with Gasteiger partial charge in [-0.3, -0.25) is 9.89 Å². The van der Waals surface area contributed by atoms with Gasteiger partial charge in [-0.15, -0.1) is 0 Å². The Balaban J connectivity index is 1.97. The number of nitrogens with zero attached hydrogens (tertiary/aromatic N) is 1. The van der Waals surface area contributed by atoms with E-state index < -0.39 is 0 Å². The van der Waals surface area contributed by atoms with Gasteiger partial charge in [0, 0.05) is 11.1 Å². The predicted octanol–water partition coefficient (Wildman–Crippen LogP) is 2.50. The van der Waals surface area contributed by atoms with Crippen molar-refractivity contribution >= 4 is 29.4 Å². The van der Waals surface area contributed by atoms with Gasteiger partial charge >= 0.3 is 0 Å². The van der Waals surface area contributed by atoms with Crippen LogP contribution in [-0.2, 0) is 4.79 Å². The van der Waals surface area contributed by atoms with Crippen LogP contribution in [0.5, 0.6) is 0 Å². The third kappa shape index (κ3) is 1.97. The fourth-order valence-corrected chi connectivity index (χ4v) is 2.53. The van der Waals surface area contributed by atoms with Crippen LogP contribution in [-0.4, -0.2) is 16.1 Å². The molecule has 17 heavy (non-hydrogen) atoms. The van der Waals surface area contributed by atoms with E-state index in [4.69, 9.17) is 0 Å². The lowest BCUT2D eigenvalue weighted by molar-refractivity contribution is -0.112. The highest BCUT2D eigenvalue weighted by Gasteiger charge is 2.20. The van der Waals surface area contributed by atoms with E-state index in [1.54, 1.807) is 12.3 Å². The zero-order valence-corrected chi connectivity index (χ0v) is 9.62. The Morgan fingerprint density at radius 2 is 2.12 bits per heavy atom. The molecule has 1 aliphatic heterocycles. The number of hydrogen-bond acceptors (Lipinski definition) is 3. The smallest absolute Gasteiger partial charge is 0.262 e. The first-order chi connectivity index (χ1) is 8.33. The Morgan fingerprint density at radius 3 is 2.94 bits per heavy atom. The largest absolute Gasteiger partial charge is 0.320 e. The molecule has 84 valence electrons. The number of nitrogens with one attached hydrogen (secondary N) is 2. The Bertz CT molecular complexity index is 590. The summed E-state index contributed by atoms with van der Waals surface area (Å²) in [4.78, 5) is 13.6. The van der Waals surface area contributed by atoms with Gasteiger partial charge in [-0.2, -0.15) is 5.10 Å². The lowest BCUT2D eigenvalue weighted by Gasteiger charge is -2.17. The quantitative estimate of drug-likeness (QED) is 0.756. The Labute approximate surface area is 102 Å². The van der Waals surface area contributed by atoms with Gasteiger partial charge in [0.2, 0.25) is 0 Å². The predicted molar refractivity (Wildman–Crippen MR) is 67.5 cm³/mol. The van der Waals surface area contributed by atoms with E-state index >= 15 is 0 Å². The highest BCUT2D eigenvalue weighted by molar-refractivity contribution is 8.04. The molecule has 1 aromatic heterocycles. The van der Waals surface area contributed by atoms with Crippen LogP contribution in [0.25, 0.3) is 6.08 Å². The van der Waals surface area contributed by atoms with E-state index in [1.165, 1.54) is 11.8 Å². The number of para-hydroxylation sites is 1. The summed E-state index contributed by atoms with van der Waals surface area (Å²) in [5.41, 5.74) is 1.69. The molecular formula is C12H9N3OS. The minimum absolute atomic E-state index is 0.0803. The number of rotatable bonds is 1. The molecule has 1 aromatic carbocycles. The van der Waals surface area contributed by atoms with Crippen molar-refractivity contribution in [1.29, 1.82) is 0 Å². The van der Waals surface area contributed by atoms with Crippen molar-refractivity contribution in [3.05, 3.63) is 47.1 Å². The third-order valence-corrected chi connectivity index (χ3v) is 3.49. The first-order valence-electron chi connectivity index (χ1n) is 5.12. The number of aromatic nitrogens is 2. The Kier molecular flexibility index (Phi) is 2.45. The average molecular weight is 243 g/mol. The topological polar surface area (TPSA) is 57.8 Å². The average Bonchev–Trinajstić information content (AvgIpc) is 2.83. The number of anilines is 1. The number of fused-ring (bicyclic) bond motifs is 1. The van der Waals surface area contributed by atoms with Crippen molar-refractivity contribution in [1.82, 2.24) is 10.2 Å². The summed E-state index contributed by atoms with van der Waals surface area (Å²) < 4.78 is 0. The molecule has 0 atom stereocenters. The van der Waals surface area contributed by atoms with Gasteiger partial charge in [0.05, 0.1) is 16.3 Å². The van der Waals surface area contributed by atoms with Gasteiger partial charge in [-0.05, 0) is 24.3 Å². The van der Waals surface area contributed by atoms with Gasteiger partial charge in [0.15, 0.2) is 0 Å². The van der Waals surface area contributed by atoms with Gasteiger partial charge in [-0.1, -0.05) is 23.9 Å². The second-order valence-corrected chi connectivity index (χ2v) is 4.66. The van der Waals surface area contributed by atoms with Crippen LogP contribution >= 0.6 is 11.8 Å². The number of benzene rings is 1. The molecule has 4 nitrogen and oxygen atoms in total. The van der Waals surface area contributed by atoms with E-state index in [2.05, 4.69) is 15.5 Å². The Hall–Kier alpha value is -2.01. The molecule has 2 heterocycles. The van der Waals surface area contributed by atoms with Gasteiger partial charge in [0.1, 0.15) is 0 Å². The number of H-pyrrole nitrogens is 1. The molecule has 2 N–H and O–H groups in total. The van der Waals surface area contributed by atoms with Crippen molar-refractivity contribution in [2.24, 2.45) is 0 Å². The summed E-state index contributed by atoms with van der Waals surface area (Å²) in [6.45, 7) is 0. The van der Waals surface area contributed by atoms with Crippen molar-refractivity contribution in [3.63, 3.8) is 0 Å². The second kappa shape index (κ2) is 4.10. The summed E-state index contributed by atoms with van der Waals surface area (Å²) in [7, 11) is 0. The Morgan fingerprint density at radius 1 is 1.24 bits per heavy atom. The van der Waals surface area contributed by atoms with Crippen molar-refractivity contribution in [2.45, 2.75) is 4.90 Å². The van der Waals surface area contributed by atoms with Crippen LogP contribution in [0.15, 0.2) is 46.3 Å². The van der Waals surface area contributed by atoms with Crippen LogP contribution in [0, 0.1) is 0 Å².